The number of methoxy groups -OCH3 is 1. The Hall–Kier alpha value is -2.60. The van der Waals surface area contributed by atoms with Gasteiger partial charge in [-0.2, -0.15) is 0 Å². The SMILES string of the molecule is COc1cc(/C=C2\SC(=O)N(Cc3ccccc3F)C2=O)cc(I)c1OCC(=O)O. The quantitative estimate of drug-likeness (QED) is 0.415. The van der Waals surface area contributed by atoms with E-state index in [2.05, 4.69) is 0 Å². The fourth-order valence-electron chi connectivity index (χ4n) is 2.68. The Balaban J connectivity index is 1.85. The van der Waals surface area contributed by atoms with Gasteiger partial charge in [-0.05, 0) is 64.2 Å². The second kappa shape index (κ2) is 9.47. The molecule has 30 heavy (non-hydrogen) atoms. The van der Waals surface area contributed by atoms with Crippen molar-refractivity contribution in [3.05, 3.63) is 61.8 Å². The lowest BCUT2D eigenvalue weighted by molar-refractivity contribution is -0.139. The van der Waals surface area contributed by atoms with Gasteiger partial charge in [0, 0.05) is 5.56 Å². The van der Waals surface area contributed by atoms with Gasteiger partial charge in [-0.3, -0.25) is 14.5 Å². The summed E-state index contributed by atoms with van der Waals surface area (Å²) >= 11 is 2.73. The predicted molar refractivity (Wildman–Crippen MR) is 117 cm³/mol. The van der Waals surface area contributed by atoms with Crippen LogP contribution in [0.4, 0.5) is 9.18 Å². The monoisotopic (exact) mass is 543 g/mol. The molecule has 1 N–H and O–H groups in total. The number of carbonyl (C=O) groups excluding carboxylic acids is 2. The van der Waals surface area contributed by atoms with Crippen LogP contribution in [-0.4, -0.2) is 40.8 Å². The third kappa shape index (κ3) is 4.93. The van der Waals surface area contributed by atoms with E-state index >= 15 is 0 Å². The van der Waals surface area contributed by atoms with Crippen molar-refractivity contribution >= 4 is 57.5 Å². The number of carboxylic acids is 1. The van der Waals surface area contributed by atoms with E-state index in [4.69, 9.17) is 14.6 Å². The van der Waals surface area contributed by atoms with Crippen LogP contribution in [0.15, 0.2) is 41.3 Å². The molecular weight excluding hydrogens is 528 g/mol. The van der Waals surface area contributed by atoms with Crippen molar-refractivity contribution in [2.75, 3.05) is 13.7 Å². The average molecular weight is 543 g/mol. The number of hydrogen-bond donors (Lipinski definition) is 1. The highest BCUT2D eigenvalue weighted by atomic mass is 127. The third-order valence-electron chi connectivity index (χ3n) is 4.05. The molecule has 1 saturated heterocycles. The van der Waals surface area contributed by atoms with E-state index in [0.717, 1.165) is 16.7 Å². The van der Waals surface area contributed by atoms with Crippen molar-refractivity contribution in [2.24, 2.45) is 0 Å². The van der Waals surface area contributed by atoms with Crippen molar-refractivity contribution in [2.45, 2.75) is 6.54 Å². The summed E-state index contributed by atoms with van der Waals surface area (Å²) in [5.41, 5.74) is 0.813. The van der Waals surface area contributed by atoms with Gasteiger partial charge in [0.2, 0.25) is 0 Å². The van der Waals surface area contributed by atoms with Crippen LogP contribution in [0.1, 0.15) is 11.1 Å². The first-order chi connectivity index (χ1) is 14.3. The normalized spacial score (nSPS) is 15.0. The molecule has 0 atom stereocenters. The van der Waals surface area contributed by atoms with E-state index < -0.39 is 29.5 Å². The number of benzene rings is 2. The molecule has 0 saturated carbocycles. The summed E-state index contributed by atoms with van der Waals surface area (Å²) < 4.78 is 25.0. The summed E-state index contributed by atoms with van der Waals surface area (Å²) in [6.45, 7) is -0.682. The summed E-state index contributed by atoms with van der Waals surface area (Å²) in [7, 11) is 1.41. The zero-order chi connectivity index (χ0) is 21.8. The Morgan fingerprint density at radius 2 is 2.03 bits per heavy atom. The van der Waals surface area contributed by atoms with Gasteiger partial charge >= 0.3 is 5.97 Å². The lowest BCUT2D eigenvalue weighted by Gasteiger charge is -2.13. The predicted octanol–water partition coefficient (Wildman–Crippen LogP) is 4.14. The first-order valence-corrected chi connectivity index (χ1v) is 10.4. The van der Waals surface area contributed by atoms with E-state index in [1.54, 1.807) is 18.2 Å². The van der Waals surface area contributed by atoms with E-state index in [1.165, 1.54) is 31.4 Å². The van der Waals surface area contributed by atoms with Gasteiger partial charge in [0.05, 0.1) is 22.1 Å². The maximum atomic E-state index is 13.9. The van der Waals surface area contributed by atoms with E-state index in [0.29, 0.717) is 14.9 Å². The highest BCUT2D eigenvalue weighted by Gasteiger charge is 2.35. The zero-order valence-corrected chi connectivity index (χ0v) is 18.5. The average Bonchev–Trinajstić information content (AvgIpc) is 2.95. The Kier molecular flexibility index (Phi) is 6.98. The van der Waals surface area contributed by atoms with Crippen LogP contribution in [0.5, 0.6) is 11.5 Å². The molecule has 156 valence electrons. The lowest BCUT2D eigenvalue weighted by atomic mass is 10.1. The first kappa shape index (κ1) is 22.1. The summed E-state index contributed by atoms with van der Waals surface area (Å²) in [6.07, 6.45) is 1.53. The molecule has 0 aromatic heterocycles. The zero-order valence-electron chi connectivity index (χ0n) is 15.6. The Morgan fingerprint density at radius 1 is 1.30 bits per heavy atom. The third-order valence-corrected chi connectivity index (χ3v) is 5.76. The van der Waals surface area contributed by atoms with Crippen molar-refractivity contribution in [1.29, 1.82) is 0 Å². The van der Waals surface area contributed by atoms with E-state index in [-0.39, 0.29) is 22.8 Å². The highest BCUT2D eigenvalue weighted by molar-refractivity contribution is 14.1. The molecule has 1 fully saturated rings. The molecule has 0 spiro atoms. The minimum Gasteiger partial charge on any atom is -0.493 e. The number of rotatable bonds is 7. The molecule has 7 nitrogen and oxygen atoms in total. The van der Waals surface area contributed by atoms with Crippen molar-refractivity contribution in [3.63, 3.8) is 0 Å². The molecule has 0 bridgehead atoms. The molecule has 2 amide bonds. The van der Waals surface area contributed by atoms with Gasteiger partial charge in [-0.25, -0.2) is 9.18 Å². The standard InChI is InChI=1S/C20H15FINO6S/c1-28-15-7-11(6-14(22)18(15)29-10-17(24)25)8-16-19(26)23(20(27)30-16)9-12-4-2-3-5-13(12)21/h2-8H,9-10H2,1H3,(H,24,25)/b16-8-. The molecule has 3 rings (SSSR count). The maximum Gasteiger partial charge on any atom is 0.341 e. The summed E-state index contributed by atoms with van der Waals surface area (Å²) in [5, 5.41) is 8.31. The number of thioether (sulfide) groups is 1. The number of aliphatic carboxylic acids is 1. The van der Waals surface area contributed by atoms with Crippen LogP contribution in [0, 0.1) is 9.39 Å². The van der Waals surface area contributed by atoms with Crippen molar-refractivity contribution in [3.8, 4) is 11.5 Å². The minimum atomic E-state index is -1.12. The smallest absolute Gasteiger partial charge is 0.341 e. The van der Waals surface area contributed by atoms with Crippen molar-refractivity contribution in [1.82, 2.24) is 4.90 Å². The number of nitrogens with zero attached hydrogens (tertiary/aromatic N) is 1. The van der Waals surface area contributed by atoms with Crippen LogP contribution in [0.3, 0.4) is 0 Å². The van der Waals surface area contributed by atoms with Gasteiger partial charge in [0.1, 0.15) is 5.82 Å². The topological polar surface area (TPSA) is 93.1 Å². The van der Waals surface area contributed by atoms with Crippen LogP contribution in [0.25, 0.3) is 6.08 Å². The Morgan fingerprint density at radius 3 is 2.70 bits per heavy atom. The minimum absolute atomic E-state index is 0.155. The maximum absolute atomic E-state index is 13.9. The van der Waals surface area contributed by atoms with Gasteiger partial charge in [-0.15, -0.1) is 0 Å². The number of carbonyl (C=O) groups is 3. The van der Waals surface area contributed by atoms with Gasteiger partial charge in [-0.1, -0.05) is 18.2 Å². The number of hydrogen-bond acceptors (Lipinski definition) is 6. The van der Waals surface area contributed by atoms with Crippen molar-refractivity contribution < 1.29 is 33.4 Å². The van der Waals surface area contributed by atoms with Crippen LogP contribution in [-0.2, 0) is 16.1 Å². The van der Waals surface area contributed by atoms with Crippen LogP contribution < -0.4 is 9.47 Å². The molecule has 0 radical (unpaired) electrons. The largest absolute Gasteiger partial charge is 0.493 e. The number of ether oxygens (including phenoxy) is 2. The molecule has 1 aliphatic rings. The Labute approximate surface area is 189 Å². The molecule has 0 unspecified atom stereocenters. The van der Waals surface area contributed by atoms with Crippen LogP contribution >= 0.6 is 34.4 Å². The fraction of sp³-hybridized carbons (Fsp3) is 0.150. The molecule has 1 aliphatic heterocycles. The van der Waals surface area contributed by atoms with Gasteiger partial charge < -0.3 is 14.6 Å². The van der Waals surface area contributed by atoms with Gasteiger partial charge in [0.25, 0.3) is 11.1 Å². The van der Waals surface area contributed by atoms with Gasteiger partial charge in [0.15, 0.2) is 18.1 Å². The fourth-order valence-corrected chi connectivity index (χ4v) is 4.30. The number of amides is 2. The number of imide groups is 1. The lowest BCUT2D eigenvalue weighted by Crippen LogP contribution is -2.27. The summed E-state index contributed by atoms with van der Waals surface area (Å²) in [5.74, 6) is -1.57. The molecule has 10 heteroatoms. The van der Waals surface area contributed by atoms with E-state index in [1.807, 2.05) is 22.6 Å². The first-order valence-electron chi connectivity index (χ1n) is 8.51. The second-order valence-electron chi connectivity index (χ2n) is 6.08. The van der Waals surface area contributed by atoms with Crippen LogP contribution in [0.2, 0.25) is 0 Å². The summed E-state index contributed by atoms with van der Waals surface area (Å²) in [6, 6.07) is 9.20. The Bertz CT molecular complexity index is 1060. The number of halogens is 2. The number of carboxylic acid groups (broad SMARTS) is 1. The van der Waals surface area contributed by atoms with E-state index in [9.17, 15) is 18.8 Å². The molecular formula is C20H15FINO6S. The summed E-state index contributed by atoms with van der Waals surface area (Å²) in [4.78, 5) is 36.9. The highest BCUT2D eigenvalue weighted by Crippen LogP contribution is 2.37. The molecule has 2 aromatic carbocycles. The molecule has 0 aliphatic carbocycles. The molecule has 2 aromatic rings. The second-order valence-corrected chi connectivity index (χ2v) is 8.23. The molecule has 1 heterocycles.